The smallest absolute Gasteiger partial charge is 0.275 e. The van der Waals surface area contributed by atoms with E-state index in [1.54, 1.807) is 18.2 Å². The third kappa shape index (κ3) is 5.10. The van der Waals surface area contributed by atoms with Crippen molar-refractivity contribution in [1.29, 1.82) is 0 Å². The molecule has 1 aromatic heterocycles. The molecule has 1 heterocycles. The Morgan fingerprint density at radius 2 is 1.56 bits per heavy atom. The minimum atomic E-state index is -0.531. The number of non-ortho nitro benzene ring substituents is 1. The number of fused-ring (bicyclic) bond motifs is 1. The number of rotatable bonds is 10. The summed E-state index contributed by atoms with van der Waals surface area (Å²) >= 11 is 0. The average Bonchev–Trinajstić information content (AvgIpc) is 3.31. The molecular weight excluding hydrogens is 464 g/mol. The molecule has 9 nitrogen and oxygen atoms in total. The van der Waals surface area contributed by atoms with Crippen LogP contribution in [0.1, 0.15) is 31.1 Å². The predicted molar refractivity (Wildman–Crippen MR) is 136 cm³/mol. The maximum atomic E-state index is 13.3. The van der Waals surface area contributed by atoms with Crippen LogP contribution in [0, 0.1) is 10.1 Å². The number of carbonyl (C=O) groups is 1. The number of nitro benzene ring substituents is 1. The van der Waals surface area contributed by atoms with Crippen LogP contribution in [-0.4, -0.2) is 30.7 Å². The maximum Gasteiger partial charge on any atom is 0.275 e. The number of benzene rings is 3. The summed E-state index contributed by atoms with van der Waals surface area (Å²) in [7, 11) is 0. The number of carbonyl (C=O) groups excluding carboxylic acids is 1. The Kier molecular flexibility index (Phi) is 7.39. The summed E-state index contributed by atoms with van der Waals surface area (Å²) in [6.07, 6.45) is 0. The molecule has 9 heteroatoms. The molecule has 4 aromatic rings. The maximum absolute atomic E-state index is 13.3. The molecule has 36 heavy (non-hydrogen) atoms. The molecule has 0 saturated carbocycles. The molecule has 4 rings (SSSR count). The summed E-state index contributed by atoms with van der Waals surface area (Å²) in [4.78, 5) is 24.4. The minimum Gasteiger partial charge on any atom is -0.490 e. The normalized spacial score (nSPS) is 10.8. The zero-order chi connectivity index (χ0) is 25.7. The standard InChI is InChI=1S/C27H26N2O7/c1-4-33-24-12-18(13-25(34-5-2)26(24)35-6-3)27(30)28-21-14-19(29(31)32)15-23-20(21)16-22(36-23)17-10-8-7-9-11-17/h7-16H,4-6H2,1-3H3,(H,28,30). The number of ether oxygens (including phenoxy) is 3. The SMILES string of the molecule is CCOc1cc(C(=O)Nc2cc([N+](=O)[O-])cc3oc(-c4ccccc4)cc23)cc(OCC)c1OCC. The number of hydrogen-bond acceptors (Lipinski definition) is 7. The quantitative estimate of drug-likeness (QED) is 0.201. The minimum absolute atomic E-state index is 0.205. The van der Waals surface area contributed by atoms with Crippen molar-refractivity contribution in [1.82, 2.24) is 0 Å². The fourth-order valence-electron chi connectivity index (χ4n) is 3.79. The van der Waals surface area contributed by atoms with Crippen LogP contribution in [0.4, 0.5) is 11.4 Å². The Morgan fingerprint density at radius 3 is 2.14 bits per heavy atom. The van der Waals surface area contributed by atoms with Crippen LogP contribution in [0.15, 0.2) is 65.1 Å². The van der Waals surface area contributed by atoms with E-state index in [2.05, 4.69) is 5.32 Å². The Hall–Kier alpha value is -4.53. The van der Waals surface area contributed by atoms with Crippen molar-refractivity contribution in [2.45, 2.75) is 20.8 Å². The first-order chi connectivity index (χ1) is 17.4. The highest BCUT2D eigenvalue weighted by Gasteiger charge is 2.21. The number of nitrogens with zero attached hydrogens (tertiary/aromatic N) is 1. The molecule has 0 unspecified atom stereocenters. The van der Waals surface area contributed by atoms with E-state index in [1.807, 2.05) is 51.1 Å². The fraction of sp³-hybridized carbons (Fsp3) is 0.222. The van der Waals surface area contributed by atoms with Crippen molar-refractivity contribution in [2.24, 2.45) is 0 Å². The molecule has 0 aliphatic rings. The van der Waals surface area contributed by atoms with Crippen molar-refractivity contribution in [2.75, 3.05) is 25.1 Å². The van der Waals surface area contributed by atoms with Crippen LogP contribution >= 0.6 is 0 Å². The van der Waals surface area contributed by atoms with Crippen molar-refractivity contribution in [3.8, 4) is 28.6 Å². The van der Waals surface area contributed by atoms with E-state index >= 15 is 0 Å². The summed E-state index contributed by atoms with van der Waals surface area (Å²) in [5.41, 5.74) is 1.39. The highest BCUT2D eigenvalue weighted by atomic mass is 16.6. The molecule has 0 atom stereocenters. The monoisotopic (exact) mass is 490 g/mol. The van der Waals surface area contributed by atoms with E-state index < -0.39 is 10.8 Å². The summed E-state index contributed by atoms with van der Waals surface area (Å²) in [5.74, 6) is 1.19. The summed E-state index contributed by atoms with van der Waals surface area (Å²) in [5, 5.41) is 14.9. The van der Waals surface area contributed by atoms with Crippen LogP contribution < -0.4 is 19.5 Å². The van der Waals surface area contributed by atoms with Gasteiger partial charge in [-0.25, -0.2) is 0 Å². The molecule has 0 saturated heterocycles. The van der Waals surface area contributed by atoms with Gasteiger partial charge >= 0.3 is 0 Å². The first-order valence-corrected chi connectivity index (χ1v) is 11.6. The lowest BCUT2D eigenvalue weighted by atomic mass is 10.1. The molecule has 0 radical (unpaired) electrons. The van der Waals surface area contributed by atoms with Gasteiger partial charge in [-0.1, -0.05) is 30.3 Å². The lowest BCUT2D eigenvalue weighted by Crippen LogP contribution is -2.13. The van der Waals surface area contributed by atoms with E-state index in [-0.39, 0.29) is 22.5 Å². The Balaban J connectivity index is 1.77. The fourth-order valence-corrected chi connectivity index (χ4v) is 3.79. The number of hydrogen-bond donors (Lipinski definition) is 1. The van der Waals surface area contributed by atoms with Gasteiger partial charge in [0, 0.05) is 22.6 Å². The second-order valence-corrected chi connectivity index (χ2v) is 7.69. The van der Waals surface area contributed by atoms with E-state index in [0.29, 0.717) is 48.2 Å². The van der Waals surface area contributed by atoms with Gasteiger partial charge in [-0.15, -0.1) is 0 Å². The summed E-state index contributed by atoms with van der Waals surface area (Å²) < 4.78 is 23.0. The van der Waals surface area contributed by atoms with E-state index in [0.717, 1.165) is 5.56 Å². The van der Waals surface area contributed by atoms with Crippen molar-refractivity contribution in [3.05, 3.63) is 76.3 Å². The first-order valence-electron chi connectivity index (χ1n) is 11.6. The summed E-state index contributed by atoms with van der Waals surface area (Å²) in [6.45, 7) is 6.60. The van der Waals surface area contributed by atoms with Crippen LogP contribution in [0.2, 0.25) is 0 Å². The Bertz CT molecular complexity index is 1370. The van der Waals surface area contributed by atoms with Crippen molar-refractivity contribution >= 4 is 28.3 Å². The van der Waals surface area contributed by atoms with Gasteiger partial charge in [0.1, 0.15) is 11.3 Å². The van der Waals surface area contributed by atoms with Crippen LogP contribution in [-0.2, 0) is 0 Å². The van der Waals surface area contributed by atoms with Gasteiger partial charge in [0.2, 0.25) is 5.75 Å². The topological polar surface area (TPSA) is 113 Å². The largest absolute Gasteiger partial charge is 0.490 e. The molecule has 0 fully saturated rings. The van der Waals surface area contributed by atoms with Gasteiger partial charge in [-0.3, -0.25) is 14.9 Å². The van der Waals surface area contributed by atoms with E-state index in [4.69, 9.17) is 18.6 Å². The van der Waals surface area contributed by atoms with Gasteiger partial charge < -0.3 is 23.9 Å². The molecule has 3 aromatic carbocycles. The third-order valence-corrected chi connectivity index (χ3v) is 5.31. The Labute approximate surface area is 207 Å². The summed E-state index contributed by atoms with van der Waals surface area (Å²) in [6, 6.07) is 16.9. The zero-order valence-corrected chi connectivity index (χ0v) is 20.2. The molecule has 0 aliphatic carbocycles. The molecular formula is C27H26N2O7. The molecule has 1 N–H and O–H groups in total. The van der Waals surface area contributed by atoms with Crippen molar-refractivity contribution < 1.29 is 28.3 Å². The van der Waals surface area contributed by atoms with E-state index in [9.17, 15) is 14.9 Å². The molecule has 186 valence electrons. The van der Waals surface area contributed by atoms with Gasteiger partial charge in [0.05, 0.1) is 36.5 Å². The molecule has 1 amide bonds. The zero-order valence-electron chi connectivity index (χ0n) is 20.2. The van der Waals surface area contributed by atoms with Gasteiger partial charge in [-0.2, -0.15) is 0 Å². The average molecular weight is 491 g/mol. The van der Waals surface area contributed by atoms with Crippen molar-refractivity contribution in [3.63, 3.8) is 0 Å². The third-order valence-electron chi connectivity index (χ3n) is 5.31. The second-order valence-electron chi connectivity index (χ2n) is 7.69. The molecule has 0 spiro atoms. The Morgan fingerprint density at radius 1 is 0.917 bits per heavy atom. The van der Waals surface area contributed by atoms with Crippen LogP contribution in [0.25, 0.3) is 22.3 Å². The molecule has 0 aliphatic heterocycles. The lowest BCUT2D eigenvalue weighted by molar-refractivity contribution is -0.384. The number of anilines is 1. The highest BCUT2D eigenvalue weighted by Crippen LogP contribution is 2.40. The van der Waals surface area contributed by atoms with Gasteiger partial charge in [-0.05, 0) is 39.0 Å². The van der Waals surface area contributed by atoms with Gasteiger partial charge in [0.25, 0.3) is 11.6 Å². The number of nitrogens with one attached hydrogen (secondary N) is 1. The lowest BCUT2D eigenvalue weighted by Gasteiger charge is -2.17. The van der Waals surface area contributed by atoms with Gasteiger partial charge in [0.15, 0.2) is 11.5 Å². The van der Waals surface area contributed by atoms with Crippen LogP contribution in [0.3, 0.4) is 0 Å². The second kappa shape index (κ2) is 10.8. The number of nitro groups is 1. The first kappa shape index (κ1) is 24.6. The highest BCUT2D eigenvalue weighted by molar-refractivity contribution is 6.10. The number of amides is 1. The predicted octanol–water partition coefficient (Wildman–Crippen LogP) is 6.46. The van der Waals surface area contributed by atoms with Crippen LogP contribution in [0.5, 0.6) is 17.2 Å². The number of furan rings is 1. The molecule has 0 bridgehead atoms. The van der Waals surface area contributed by atoms with E-state index in [1.165, 1.54) is 12.1 Å².